The Morgan fingerprint density at radius 3 is 2.89 bits per heavy atom. The van der Waals surface area contributed by atoms with Crippen molar-refractivity contribution in [1.29, 1.82) is 0 Å². The minimum Gasteiger partial charge on any atom is -0.497 e. The highest BCUT2D eigenvalue weighted by molar-refractivity contribution is 7.99. The number of piperidine rings is 1. The van der Waals surface area contributed by atoms with Crippen LogP contribution in [0.3, 0.4) is 0 Å². The first-order valence-electron chi connectivity index (χ1n) is 9.59. The van der Waals surface area contributed by atoms with E-state index in [1.807, 2.05) is 58.0 Å². The highest BCUT2D eigenvalue weighted by Gasteiger charge is 2.27. The topological polar surface area (TPSA) is 59.7 Å². The van der Waals surface area contributed by atoms with Gasteiger partial charge in [0.1, 0.15) is 11.6 Å². The van der Waals surface area contributed by atoms with Crippen LogP contribution >= 0.6 is 11.8 Å². The first kappa shape index (κ1) is 18.8. The number of rotatable bonds is 6. The number of hydrogen-bond acceptors (Lipinski definition) is 5. The molecule has 2 aromatic heterocycles. The Morgan fingerprint density at radius 2 is 2.07 bits per heavy atom. The van der Waals surface area contributed by atoms with E-state index < -0.39 is 0 Å². The van der Waals surface area contributed by atoms with E-state index in [9.17, 15) is 4.79 Å². The van der Waals surface area contributed by atoms with Crippen molar-refractivity contribution in [2.45, 2.75) is 30.1 Å². The number of methoxy groups -OCH3 is 1. The van der Waals surface area contributed by atoms with E-state index in [1.165, 1.54) is 0 Å². The molecule has 0 aliphatic carbocycles. The molecule has 0 radical (unpaired) electrons. The van der Waals surface area contributed by atoms with Crippen molar-refractivity contribution in [3.8, 4) is 5.75 Å². The molecule has 28 heavy (non-hydrogen) atoms. The molecule has 0 saturated carbocycles. The quantitative estimate of drug-likeness (QED) is 0.596. The smallest absolute Gasteiger partial charge is 0.223 e. The number of aromatic nitrogens is 3. The summed E-state index contributed by atoms with van der Waals surface area (Å²) in [6, 6.07) is 13.9. The zero-order valence-electron chi connectivity index (χ0n) is 16.0. The standard InChI is InChI=1S/C21H24N4O2S/c1-27-17-7-9-18(10-8-17)28-14-11-20(26)24-12-4-5-16(15-24)21-23-22-19-6-2-3-13-25(19)21/h2-3,6-10,13,16H,4-5,11-12,14-15H2,1H3. The van der Waals surface area contributed by atoms with Crippen molar-refractivity contribution in [3.63, 3.8) is 0 Å². The van der Waals surface area contributed by atoms with E-state index in [1.54, 1.807) is 18.9 Å². The summed E-state index contributed by atoms with van der Waals surface area (Å²) < 4.78 is 7.22. The van der Waals surface area contributed by atoms with Crippen LogP contribution < -0.4 is 4.74 Å². The fourth-order valence-electron chi connectivity index (χ4n) is 3.64. The molecule has 7 heteroatoms. The molecule has 4 rings (SSSR count). The maximum atomic E-state index is 12.7. The number of benzene rings is 1. The third kappa shape index (κ3) is 4.14. The minimum absolute atomic E-state index is 0.222. The maximum absolute atomic E-state index is 12.7. The van der Waals surface area contributed by atoms with Crippen LogP contribution in [0.5, 0.6) is 5.75 Å². The lowest BCUT2D eigenvalue weighted by Crippen LogP contribution is -2.39. The number of pyridine rings is 1. The maximum Gasteiger partial charge on any atom is 0.223 e. The largest absolute Gasteiger partial charge is 0.497 e. The zero-order chi connectivity index (χ0) is 19.3. The number of nitrogens with zero attached hydrogens (tertiary/aromatic N) is 4. The average Bonchev–Trinajstić information content (AvgIpc) is 3.18. The molecule has 1 atom stereocenters. The van der Waals surface area contributed by atoms with Crippen molar-refractivity contribution in [2.24, 2.45) is 0 Å². The fourth-order valence-corrected chi connectivity index (χ4v) is 4.48. The summed E-state index contributed by atoms with van der Waals surface area (Å²) in [5.41, 5.74) is 0.858. The molecule has 0 N–H and O–H groups in total. The van der Waals surface area contributed by atoms with Gasteiger partial charge in [-0.15, -0.1) is 22.0 Å². The first-order valence-corrected chi connectivity index (χ1v) is 10.6. The number of thioether (sulfide) groups is 1. The van der Waals surface area contributed by atoms with Crippen molar-refractivity contribution in [1.82, 2.24) is 19.5 Å². The van der Waals surface area contributed by atoms with E-state index in [4.69, 9.17) is 4.74 Å². The Balaban J connectivity index is 1.33. The lowest BCUT2D eigenvalue weighted by atomic mass is 9.97. The van der Waals surface area contributed by atoms with Gasteiger partial charge < -0.3 is 9.64 Å². The lowest BCUT2D eigenvalue weighted by Gasteiger charge is -2.32. The third-order valence-electron chi connectivity index (χ3n) is 5.12. The number of likely N-dealkylation sites (tertiary alicyclic amines) is 1. The number of fused-ring (bicyclic) bond motifs is 1. The molecular formula is C21H24N4O2S. The summed E-state index contributed by atoms with van der Waals surface area (Å²) in [5.74, 6) is 3.05. The van der Waals surface area contributed by atoms with Gasteiger partial charge in [-0.2, -0.15) is 0 Å². The van der Waals surface area contributed by atoms with Gasteiger partial charge in [0.25, 0.3) is 0 Å². The Kier molecular flexibility index (Phi) is 5.81. The van der Waals surface area contributed by atoms with Gasteiger partial charge in [0.2, 0.25) is 5.91 Å². The van der Waals surface area contributed by atoms with Crippen molar-refractivity contribution < 1.29 is 9.53 Å². The molecule has 6 nitrogen and oxygen atoms in total. The Hall–Kier alpha value is -2.54. The van der Waals surface area contributed by atoms with Crippen LogP contribution in [0, 0.1) is 0 Å². The Bertz CT molecular complexity index is 941. The van der Waals surface area contributed by atoms with Gasteiger partial charge >= 0.3 is 0 Å². The van der Waals surface area contributed by atoms with E-state index in [-0.39, 0.29) is 11.8 Å². The first-order chi connectivity index (χ1) is 13.7. The predicted octanol–water partition coefficient (Wildman–Crippen LogP) is 3.63. The number of hydrogen-bond donors (Lipinski definition) is 0. The Labute approximate surface area is 168 Å². The lowest BCUT2D eigenvalue weighted by molar-refractivity contribution is -0.132. The minimum atomic E-state index is 0.222. The molecular weight excluding hydrogens is 372 g/mol. The van der Waals surface area contributed by atoms with Gasteiger partial charge in [-0.05, 0) is 49.2 Å². The van der Waals surface area contributed by atoms with Crippen molar-refractivity contribution in [3.05, 3.63) is 54.5 Å². The van der Waals surface area contributed by atoms with E-state index in [0.29, 0.717) is 6.42 Å². The molecule has 1 aliphatic heterocycles. The normalized spacial score (nSPS) is 17.0. The summed E-state index contributed by atoms with van der Waals surface area (Å²) in [6.45, 7) is 1.56. The summed E-state index contributed by atoms with van der Waals surface area (Å²) in [7, 11) is 1.66. The highest BCUT2D eigenvalue weighted by Crippen LogP contribution is 2.27. The summed E-state index contributed by atoms with van der Waals surface area (Å²) >= 11 is 1.70. The molecule has 0 bridgehead atoms. The van der Waals surface area contributed by atoms with E-state index in [2.05, 4.69) is 10.2 Å². The van der Waals surface area contributed by atoms with Crippen LogP contribution in [0.2, 0.25) is 0 Å². The molecule has 1 saturated heterocycles. The van der Waals surface area contributed by atoms with Gasteiger partial charge in [-0.25, -0.2) is 0 Å². The second-order valence-corrected chi connectivity index (χ2v) is 8.11. The van der Waals surface area contributed by atoms with E-state index >= 15 is 0 Å². The van der Waals surface area contributed by atoms with Crippen LogP contribution in [-0.2, 0) is 4.79 Å². The molecule has 3 aromatic rings. The zero-order valence-corrected chi connectivity index (χ0v) is 16.8. The summed E-state index contributed by atoms with van der Waals surface area (Å²) in [5, 5.41) is 8.65. The van der Waals surface area contributed by atoms with Crippen LogP contribution in [0.1, 0.15) is 31.0 Å². The van der Waals surface area contributed by atoms with Gasteiger partial charge in [0, 0.05) is 42.3 Å². The van der Waals surface area contributed by atoms with E-state index in [0.717, 1.165) is 53.8 Å². The summed E-state index contributed by atoms with van der Waals surface area (Å²) in [4.78, 5) is 15.9. The SMILES string of the molecule is COc1ccc(SCCC(=O)N2CCCC(c3nnc4ccccn34)C2)cc1. The predicted molar refractivity (Wildman–Crippen MR) is 110 cm³/mol. The van der Waals surface area contributed by atoms with Gasteiger partial charge in [-0.1, -0.05) is 6.07 Å². The number of ether oxygens (including phenoxy) is 1. The fraction of sp³-hybridized carbons (Fsp3) is 0.381. The monoisotopic (exact) mass is 396 g/mol. The molecule has 1 amide bonds. The highest BCUT2D eigenvalue weighted by atomic mass is 32.2. The summed E-state index contributed by atoms with van der Waals surface area (Å²) in [6.07, 6.45) is 4.59. The van der Waals surface area contributed by atoms with Gasteiger partial charge in [-0.3, -0.25) is 9.20 Å². The molecule has 1 fully saturated rings. The average molecular weight is 397 g/mol. The second-order valence-electron chi connectivity index (χ2n) is 6.94. The molecule has 1 aliphatic rings. The number of carbonyl (C=O) groups is 1. The van der Waals surface area contributed by atoms with Gasteiger partial charge in [0.15, 0.2) is 5.65 Å². The van der Waals surface area contributed by atoms with Crippen LogP contribution in [-0.4, -0.2) is 51.4 Å². The number of amides is 1. The molecule has 3 heterocycles. The molecule has 1 unspecified atom stereocenters. The van der Waals surface area contributed by atoms with Crippen LogP contribution in [0.25, 0.3) is 5.65 Å². The van der Waals surface area contributed by atoms with Gasteiger partial charge in [0.05, 0.1) is 7.11 Å². The Morgan fingerprint density at radius 1 is 1.21 bits per heavy atom. The molecule has 0 spiro atoms. The van der Waals surface area contributed by atoms with Crippen molar-refractivity contribution in [2.75, 3.05) is 26.0 Å². The molecule has 1 aromatic carbocycles. The van der Waals surface area contributed by atoms with Crippen LogP contribution in [0.4, 0.5) is 0 Å². The van der Waals surface area contributed by atoms with Crippen molar-refractivity contribution >= 4 is 23.3 Å². The van der Waals surface area contributed by atoms with Crippen LogP contribution in [0.15, 0.2) is 53.6 Å². The number of carbonyl (C=O) groups excluding carboxylic acids is 1. The second kappa shape index (κ2) is 8.65. The third-order valence-corrected chi connectivity index (χ3v) is 6.14. The molecule has 146 valence electrons.